The second kappa shape index (κ2) is 18.3. The molecular formula is C72H47N3. The predicted molar refractivity (Wildman–Crippen MR) is 310 cm³/mol. The van der Waals surface area contributed by atoms with Crippen molar-refractivity contribution in [1.82, 2.24) is 15.0 Å². The van der Waals surface area contributed by atoms with Gasteiger partial charge in [0.05, 0.1) is 5.41 Å². The Bertz CT molecular complexity index is 4150. The first-order valence-corrected chi connectivity index (χ1v) is 25.7. The van der Waals surface area contributed by atoms with Crippen molar-refractivity contribution < 1.29 is 0 Å². The van der Waals surface area contributed by atoms with E-state index in [1.807, 2.05) is 18.2 Å². The zero-order chi connectivity index (χ0) is 49.7. The van der Waals surface area contributed by atoms with Crippen molar-refractivity contribution in [3.05, 3.63) is 307 Å². The smallest absolute Gasteiger partial charge is 0.164 e. The van der Waals surface area contributed by atoms with Gasteiger partial charge in [0, 0.05) is 16.7 Å². The minimum absolute atomic E-state index is 0.613. The molecule has 0 radical (unpaired) electrons. The highest BCUT2D eigenvalue weighted by atomic mass is 15.0. The summed E-state index contributed by atoms with van der Waals surface area (Å²) in [6.07, 6.45) is 0. The van der Waals surface area contributed by atoms with Crippen molar-refractivity contribution >= 4 is 21.5 Å². The van der Waals surface area contributed by atoms with Crippen LogP contribution in [0.5, 0.6) is 0 Å². The molecule has 0 atom stereocenters. The summed E-state index contributed by atoms with van der Waals surface area (Å²) >= 11 is 0. The highest BCUT2D eigenvalue weighted by Crippen LogP contribution is 2.59. The Morgan fingerprint density at radius 2 is 0.613 bits per heavy atom. The molecule has 350 valence electrons. The van der Waals surface area contributed by atoms with Gasteiger partial charge in [-0.25, -0.2) is 15.0 Å². The predicted octanol–water partition coefficient (Wildman–Crippen LogP) is 18.2. The van der Waals surface area contributed by atoms with Crippen molar-refractivity contribution in [2.24, 2.45) is 0 Å². The molecule has 12 aromatic carbocycles. The standard InChI is InChI=1S/C72H47N3/c1-6-23-48(24-7-1)53-29-22-30-54(45-53)70-73-69(52-27-10-3-11-28-52)74-71(75-70)63-46-55(47-65-68(63)62-39-20-21-40-64(62)72(65,56-31-12-4-13-32-56)57-33-14-5-15-34-57)49-41-43-51(44-42-49)67-60-37-18-16-35-58(60)66(50-25-8-2-9-26-50)59-36-17-19-38-61(59)67/h1-47H. The fraction of sp³-hybridized carbons (Fsp3) is 0.0139. The third kappa shape index (κ3) is 7.39. The third-order valence-corrected chi connectivity index (χ3v) is 15.2. The summed E-state index contributed by atoms with van der Waals surface area (Å²) in [7, 11) is 0. The summed E-state index contributed by atoms with van der Waals surface area (Å²) in [4.78, 5) is 16.3. The van der Waals surface area contributed by atoms with Crippen molar-refractivity contribution in [1.29, 1.82) is 0 Å². The van der Waals surface area contributed by atoms with Gasteiger partial charge in [-0.2, -0.15) is 0 Å². The molecule has 3 nitrogen and oxygen atoms in total. The highest BCUT2D eigenvalue weighted by molar-refractivity contribution is 6.21. The van der Waals surface area contributed by atoms with Crippen LogP contribution in [0.15, 0.2) is 285 Å². The lowest BCUT2D eigenvalue weighted by atomic mass is 9.67. The van der Waals surface area contributed by atoms with Gasteiger partial charge >= 0.3 is 0 Å². The van der Waals surface area contributed by atoms with Crippen LogP contribution in [0, 0.1) is 0 Å². The van der Waals surface area contributed by atoms with E-state index in [4.69, 9.17) is 15.0 Å². The van der Waals surface area contributed by atoms with E-state index in [2.05, 4.69) is 267 Å². The van der Waals surface area contributed by atoms with E-state index < -0.39 is 5.41 Å². The SMILES string of the molecule is c1ccc(-c2cccc(-c3nc(-c4ccccc4)nc(-c4cc(-c5ccc(-c6c7ccccc7c(-c7ccccc7)c7ccccc67)cc5)cc5c4-c4ccccc4C5(c4ccccc4)c4ccccc4)n3)c2)cc1. The summed E-state index contributed by atoms with van der Waals surface area (Å²) < 4.78 is 0. The van der Waals surface area contributed by atoms with E-state index >= 15 is 0 Å². The molecule has 0 N–H and O–H groups in total. The van der Waals surface area contributed by atoms with Gasteiger partial charge in [0.25, 0.3) is 0 Å². The fourth-order valence-electron chi connectivity index (χ4n) is 11.9. The fourth-order valence-corrected chi connectivity index (χ4v) is 11.9. The summed E-state index contributed by atoms with van der Waals surface area (Å²) in [5.41, 5.74) is 18.4. The first-order valence-electron chi connectivity index (χ1n) is 25.7. The van der Waals surface area contributed by atoms with Crippen LogP contribution in [-0.2, 0) is 5.41 Å². The quantitative estimate of drug-likeness (QED) is 0.135. The average molecular weight is 954 g/mol. The molecule has 0 fully saturated rings. The Labute approximate surface area is 436 Å². The number of aromatic nitrogens is 3. The number of hydrogen-bond acceptors (Lipinski definition) is 3. The molecule has 13 aromatic rings. The summed E-state index contributed by atoms with van der Waals surface area (Å²) in [5.74, 6) is 1.84. The van der Waals surface area contributed by atoms with E-state index in [1.54, 1.807) is 0 Å². The van der Waals surface area contributed by atoms with Crippen LogP contribution in [0.25, 0.3) is 111 Å². The molecule has 0 spiro atoms. The lowest BCUT2D eigenvalue weighted by Crippen LogP contribution is -2.28. The van der Waals surface area contributed by atoms with Gasteiger partial charge in [-0.15, -0.1) is 0 Å². The summed E-state index contributed by atoms with van der Waals surface area (Å²) in [6.45, 7) is 0. The molecule has 1 aliphatic carbocycles. The topological polar surface area (TPSA) is 38.7 Å². The van der Waals surface area contributed by atoms with Gasteiger partial charge in [0.15, 0.2) is 17.5 Å². The van der Waals surface area contributed by atoms with Gasteiger partial charge in [0.1, 0.15) is 0 Å². The highest BCUT2D eigenvalue weighted by Gasteiger charge is 2.47. The first kappa shape index (κ1) is 43.9. The van der Waals surface area contributed by atoms with Crippen molar-refractivity contribution in [3.8, 4) is 89.8 Å². The molecule has 3 heteroatoms. The lowest BCUT2D eigenvalue weighted by Gasteiger charge is -2.34. The van der Waals surface area contributed by atoms with Crippen LogP contribution in [0.1, 0.15) is 22.3 Å². The van der Waals surface area contributed by atoms with Gasteiger partial charge in [0.2, 0.25) is 0 Å². The van der Waals surface area contributed by atoms with Crippen molar-refractivity contribution in [2.45, 2.75) is 5.41 Å². The Morgan fingerprint density at radius 3 is 1.19 bits per heavy atom. The molecule has 1 aliphatic rings. The minimum atomic E-state index is -0.667. The normalized spacial score (nSPS) is 12.4. The third-order valence-electron chi connectivity index (χ3n) is 15.2. The second-order valence-electron chi connectivity index (χ2n) is 19.4. The van der Waals surface area contributed by atoms with E-state index in [0.717, 1.165) is 55.6 Å². The molecule has 0 aliphatic heterocycles. The number of fused-ring (bicyclic) bond motifs is 5. The number of hydrogen-bond donors (Lipinski definition) is 0. The molecule has 1 heterocycles. The first-order chi connectivity index (χ1) is 37.2. The van der Waals surface area contributed by atoms with Crippen LogP contribution in [0.3, 0.4) is 0 Å². The van der Waals surface area contributed by atoms with E-state index in [0.29, 0.717) is 17.5 Å². The molecule has 0 amide bonds. The molecule has 75 heavy (non-hydrogen) atoms. The summed E-state index contributed by atoms with van der Waals surface area (Å²) in [5, 5.41) is 4.93. The van der Waals surface area contributed by atoms with Crippen LogP contribution >= 0.6 is 0 Å². The Morgan fingerprint density at radius 1 is 0.213 bits per heavy atom. The van der Waals surface area contributed by atoms with Crippen LogP contribution in [0.2, 0.25) is 0 Å². The van der Waals surface area contributed by atoms with Crippen LogP contribution in [0.4, 0.5) is 0 Å². The molecule has 1 aromatic heterocycles. The Kier molecular flexibility index (Phi) is 10.7. The number of benzene rings is 12. The molecular weight excluding hydrogens is 907 g/mol. The largest absolute Gasteiger partial charge is 0.208 e. The van der Waals surface area contributed by atoms with Gasteiger partial charge < -0.3 is 0 Å². The average Bonchev–Trinajstić information content (AvgIpc) is 3.92. The maximum atomic E-state index is 5.53. The van der Waals surface area contributed by atoms with Crippen LogP contribution < -0.4 is 0 Å². The van der Waals surface area contributed by atoms with Gasteiger partial charge in [-0.05, 0) is 118 Å². The maximum absolute atomic E-state index is 5.53. The Balaban J connectivity index is 1.03. The van der Waals surface area contributed by atoms with E-state index in [9.17, 15) is 0 Å². The zero-order valence-corrected chi connectivity index (χ0v) is 41.0. The zero-order valence-electron chi connectivity index (χ0n) is 41.0. The second-order valence-corrected chi connectivity index (χ2v) is 19.4. The molecule has 14 rings (SSSR count). The Hall–Kier alpha value is -9.83. The monoisotopic (exact) mass is 953 g/mol. The molecule has 0 bridgehead atoms. The number of nitrogens with zero attached hydrogens (tertiary/aromatic N) is 3. The maximum Gasteiger partial charge on any atom is 0.164 e. The minimum Gasteiger partial charge on any atom is -0.208 e. The number of rotatable bonds is 9. The van der Waals surface area contributed by atoms with Gasteiger partial charge in [-0.1, -0.05) is 267 Å². The van der Waals surface area contributed by atoms with E-state index in [1.165, 1.54) is 60.5 Å². The van der Waals surface area contributed by atoms with Crippen LogP contribution in [-0.4, -0.2) is 15.0 Å². The van der Waals surface area contributed by atoms with E-state index in [-0.39, 0.29) is 0 Å². The molecule has 0 unspecified atom stereocenters. The lowest BCUT2D eigenvalue weighted by molar-refractivity contribution is 0.769. The molecule has 0 saturated carbocycles. The molecule has 0 saturated heterocycles. The van der Waals surface area contributed by atoms with Crippen molar-refractivity contribution in [2.75, 3.05) is 0 Å². The van der Waals surface area contributed by atoms with Crippen molar-refractivity contribution in [3.63, 3.8) is 0 Å². The summed E-state index contributed by atoms with van der Waals surface area (Å²) in [6, 6.07) is 103. The van der Waals surface area contributed by atoms with Gasteiger partial charge in [-0.3, -0.25) is 0 Å².